The van der Waals surface area contributed by atoms with E-state index in [4.69, 9.17) is 10.5 Å². The second-order valence-corrected chi connectivity index (χ2v) is 5.63. The first-order valence-electron chi connectivity index (χ1n) is 6.38. The molecule has 1 heterocycles. The smallest absolute Gasteiger partial charge is 0.224 e. The van der Waals surface area contributed by atoms with Gasteiger partial charge in [0.25, 0.3) is 0 Å². The van der Waals surface area contributed by atoms with Crippen LogP contribution in [0.4, 0.5) is 15.8 Å². The number of aryl methyl sites for hydroxylation is 1. The molecular weight excluding hydrogens is 339 g/mol. The van der Waals surface area contributed by atoms with Gasteiger partial charge in [-0.1, -0.05) is 0 Å². The highest BCUT2D eigenvalue weighted by molar-refractivity contribution is 9.10. The summed E-state index contributed by atoms with van der Waals surface area (Å²) in [6.45, 7) is 0. The van der Waals surface area contributed by atoms with Crippen LogP contribution in [0.5, 0.6) is 11.5 Å². The maximum atomic E-state index is 13.2. The Balaban J connectivity index is 1.93. The summed E-state index contributed by atoms with van der Waals surface area (Å²) in [6, 6.07) is 7.82. The van der Waals surface area contributed by atoms with Gasteiger partial charge in [-0.15, -0.1) is 0 Å². The van der Waals surface area contributed by atoms with Crippen molar-refractivity contribution in [2.45, 2.75) is 12.8 Å². The van der Waals surface area contributed by atoms with Crippen molar-refractivity contribution in [3.05, 3.63) is 46.2 Å². The molecule has 1 aliphatic rings. The highest BCUT2D eigenvalue weighted by Crippen LogP contribution is 2.36. The second kappa shape index (κ2) is 5.37. The number of hydrogen-bond donors (Lipinski definition) is 2. The van der Waals surface area contributed by atoms with Gasteiger partial charge in [0.2, 0.25) is 5.91 Å². The van der Waals surface area contributed by atoms with Crippen molar-refractivity contribution in [2.75, 3.05) is 11.1 Å². The number of ether oxygens (including phenoxy) is 1. The molecule has 0 saturated carbocycles. The minimum absolute atomic E-state index is 0.0252. The van der Waals surface area contributed by atoms with Crippen LogP contribution < -0.4 is 15.8 Å². The van der Waals surface area contributed by atoms with Crippen molar-refractivity contribution in [1.82, 2.24) is 0 Å². The van der Waals surface area contributed by atoms with E-state index in [-0.39, 0.29) is 11.7 Å². The van der Waals surface area contributed by atoms with Crippen LogP contribution in [0.3, 0.4) is 0 Å². The Morgan fingerprint density at radius 2 is 2.05 bits per heavy atom. The Morgan fingerprint density at radius 1 is 1.24 bits per heavy atom. The molecule has 0 saturated heterocycles. The molecule has 0 radical (unpaired) electrons. The number of hydrogen-bond acceptors (Lipinski definition) is 3. The molecule has 0 aliphatic carbocycles. The molecule has 0 fully saturated rings. The lowest BCUT2D eigenvalue weighted by Gasteiger charge is -2.19. The number of carbonyl (C=O) groups is 1. The molecular formula is C15H12BrFN2O2. The average Bonchev–Trinajstić information content (AvgIpc) is 2.44. The topological polar surface area (TPSA) is 64.3 Å². The number of carbonyl (C=O) groups excluding carboxylic acids is 1. The molecule has 0 bridgehead atoms. The highest BCUT2D eigenvalue weighted by atomic mass is 79.9. The number of rotatable bonds is 2. The van der Waals surface area contributed by atoms with Crippen LogP contribution in [0.2, 0.25) is 0 Å². The van der Waals surface area contributed by atoms with Gasteiger partial charge < -0.3 is 15.8 Å². The van der Waals surface area contributed by atoms with Crippen LogP contribution in [0.25, 0.3) is 0 Å². The molecule has 0 aromatic heterocycles. The Labute approximate surface area is 129 Å². The Hall–Kier alpha value is -2.08. The van der Waals surface area contributed by atoms with Crippen molar-refractivity contribution in [2.24, 2.45) is 0 Å². The maximum absolute atomic E-state index is 13.2. The fraction of sp³-hybridized carbons (Fsp3) is 0.133. The number of halogens is 2. The molecule has 1 aliphatic heterocycles. The maximum Gasteiger partial charge on any atom is 0.224 e. The Morgan fingerprint density at radius 3 is 2.81 bits per heavy atom. The van der Waals surface area contributed by atoms with Gasteiger partial charge in [-0.2, -0.15) is 0 Å². The third kappa shape index (κ3) is 2.85. The van der Waals surface area contributed by atoms with Gasteiger partial charge in [0.1, 0.15) is 11.6 Å². The van der Waals surface area contributed by atoms with Crippen molar-refractivity contribution in [1.29, 1.82) is 0 Å². The summed E-state index contributed by atoms with van der Waals surface area (Å²) in [6.07, 6.45) is 1.12. The predicted octanol–water partition coefficient (Wildman–Crippen LogP) is 3.85. The predicted molar refractivity (Wildman–Crippen MR) is 82.0 cm³/mol. The van der Waals surface area contributed by atoms with Gasteiger partial charge in [0.05, 0.1) is 10.2 Å². The fourth-order valence-electron chi connectivity index (χ4n) is 2.18. The largest absolute Gasteiger partial charge is 0.455 e. The second-order valence-electron chi connectivity index (χ2n) is 4.77. The van der Waals surface area contributed by atoms with Crippen molar-refractivity contribution in [3.63, 3.8) is 0 Å². The Kier molecular flexibility index (Phi) is 3.55. The van der Waals surface area contributed by atoms with Gasteiger partial charge >= 0.3 is 0 Å². The van der Waals surface area contributed by atoms with Gasteiger partial charge in [-0.3, -0.25) is 4.79 Å². The molecule has 3 N–H and O–H groups in total. The Bertz CT molecular complexity index is 734. The third-order valence-corrected chi connectivity index (χ3v) is 3.86. The zero-order valence-corrected chi connectivity index (χ0v) is 12.5. The van der Waals surface area contributed by atoms with Crippen LogP contribution >= 0.6 is 15.9 Å². The summed E-state index contributed by atoms with van der Waals surface area (Å²) in [5, 5.41) is 2.79. The van der Waals surface area contributed by atoms with E-state index < -0.39 is 0 Å². The monoisotopic (exact) mass is 350 g/mol. The number of nitrogen functional groups attached to an aromatic ring is 1. The SMILES string of the molecule is Nc1cc2c(cc1Oc1ccc(F)c(Br)c1)NC(=O)CC2. The molecule has 6 heteroatoms. The number of fused-ring (bicyclic) bond motifs is 1. The first kappa shape index (κ1) is 13.9. The average molecular weight is 351 g/mol. The first-order valence-corrected chi connectivity index (χ1v) is 7.17. The van der Waals surface area contributed by atoms with Gasteiger partial charge in [0.15, 0.2) is 5.75 Å². The molecule has 3 rings (SSSR count). The van der Waals surface area contributed by atoms with Crippen LogP contribution in [0, 0.1) is 5.82 Å². The first-order chi connectivity index (χ1) is 10.0. The summed E-state index contributed by atoms with van der Waals surface area (Å²) >= 11 is 3.10. The van der Waals surface area contributed by atoms with E-state index in [1.807, 2.05) is 0 Å². The summed E-state index contributed by atoms with van der Waals surface area (Å²) < 4.78 is 19.2. The normalized spacial score (nSPS) is 13.5. The van der Waals surface area contributed by atoms with Gasteiger partial charge in [-0.25, -0.2) is 4.39 Å². The summed E-state index contributed by atoms with van der Waals surface area (Å²) in [5.74, 6) is 0.488. The van der Waals surface area contributed by atoms with E-state index >= 15 is 0 Å². The molecule has 0 spiro atoms. The lowest BCUT2D eigenvalue weighted by molar-refractivity contribution is -0.116. The molecule has 108 valence electrons. The molecule has 1 amide bonds. The number of anilines is 2. The van der Waals surface area contributed by atoms with Crippen molar-refractivity contribution >= 4 is 33.2 Å². The van der Waals surface area contributed by atoms with Crippen molar-refractivity contribution < 1.29 is 13.9 Å². The number of nitrogens with one attached hydrogen (secondary N) is 1. The molecule has 4 nitrogen and oxygen atoms in total. The minimum atomic E-state index is -0.368. The van der Waals surface area contributed by atoms with E-state index in [0.29, 0.717) is 40.2 Å². The van der Waals surface area contributed by atoms with Crippen LogP contribution in [-0.2, 0) is 11.2 Å². The van der Waals surface area contributed by atoms with Crippen LogP contribution in [0.1, 0.15) is 12.0 Å². The van der Waals surface area contributed by atoms with Crippen LogP contribution in [0.15, 0.2) is 34.8 Å². The molecule has 0 unspecified atom stereocenters. The van der Waals surface area contributed by atoms with E-state index in [9.17, 15) is 9.18 Å². The fourth-order valence-corrected chi connectivity index (χ4v) is 2.54. The van der Waals surface area contributed by atoms with E-state index in [1.54, 1.807) is 12.1 Å². The molecule has 2 aromatic carbocycles. The minimum Gasteiger partial charge on any atom is -0.455 e. The number of amides is 1. The van der Waals surface area contributed by atoms with E-state index in [2.05, 4.69) is 21.2 Å². The summed E-state index contributed by atoms with van der Waals surface area (Å²) in [5.41, 5.74) is 8.14. The van der Waals surface area contributed by atoms with E-state index in [1.165, 1.54) is 18.2 Å². The van der Waals surface area contributed by atoms with Gasteiger partial charge in [-0.05, 0) is 52.2 Å². The molecule has 2 aromatic rings. The number of nitrogens with two attached hydrogens (primary N) is 1. The van der Waals surface area contributed by atoms with Crippen molar-refractivity contribution in [3.8, 4) is 11.5 Å². The van der Waals surface area contributed by atoms with Gasteiger partial charge in [0, 0.05) is 18.2 Å². The zero-order chi connectivity index (χ0) is 15.0. The zero-order valence-electron chi connectivity index (χ0n) is 11.0. The third-order valence-electron chi connectivity index (χ3n) is 3.25. The number of benzene rings is 2. The van der Waals surface area contributed by atoms with Crippen LogP contribution in [-0.4, -0.2) is 5.91 Å². The highest BCUT2D eigenvalue weighted by Gasteiger charge is 2.17. The standard InChI is InChI=1S/C15H12BrFN2O2/c16-10-6-9(2-3-11(10)17)21-14-7-13-8(5-12(14)18)1-4-15(20)19-13/h2-3,5-7H,1,4,18H2,(H,19,20). The van der Waals surface area contributed by atoms with E-state index in [0.717, 1.165) is 5.56 Å². The summed E-state index contributed by atoms with van der Waals surface area (Å²) in [4.78, 5) is 11.4. The molecule has 21 heavy (non-hydrogen) atoms. The lowest BCUT2D eigenvalue weighted by Crippen LogP contribution is -2.19. The quantitative estimate of drug-likeness (QED) is 0.808. The lowest BCUT2D eigenvalue weighted by atomic mass is 10.0. The molecule has 0 atom stereocenters. The summed E-state index contributed by atoms with van der Waals surface area (Å²) in [7, 11) is 0.